The summed E-state index contributed by atoms with van der Waals surface area (Å²) in [5, 5.41) is 4.08. The minimum atomic E-state index is 0.412. The van der Waals surface area contributed by atoms with E-state index in [1.807, 2.05) is 7.05 Å². The fourth-order valence-electron chi connectivity index (χ4n) is 4.86. The molecule has 0 atom stereocenters. The number of hydrogen-bond acceptors (Lipinski definition) is 1. The van der Waals surface area contributed by atoms with E-state index in [1.165, 1.54) is 38.5 Å². The van der Waals surface area contributed by atoms with Crippen molar-refractivity contribution in [2.24, 2.45) is 17.8 Å². The molecule has 0 aromatic rings. The first kappa shape index (κ1) is 10.8. The number of nitrogens with zero attached hydrogens (tertiary/aromatic N) is 1. The molecule has 1 N–H and O–H groups in total. The van der Waals surface area contributed by atoms with Crippen LogP contribution in [0.15, 0.2) is 0 Å². The van der Waals surface area contributed by atoms with Gasteiger partial charge in [0.1, 0.15) is 0 Å². The van der Waals surface area contributed by atoms with Crippen LogP contribution in [0.5, 0.6) is 0 Å². The van der Waals surface area contributed by atoms with Crippen LogP contribution < -0.4 is 5.32 Å². The van der Waals surface area contributed by atoms with Gasteiger partial charge in [-0.1, -0.05) is 0 Å². The van der Waals surface area contributed by atoms with Crippen molar-refractivity contribution in [1.82, 2.24) is 10.2 Å². The van der Waals surface area contributed by atoms with E-state index >= 15 is 0 Å². The summed E-state index contributed by atoms with van der Waals surface area (Å²) in [7, 11) is 4.14. The molecule has 4 aliphatic rings. The maximum Gasteiger partial charge on any atom is 0.168 e. The van der Waals surface area contributed by atoms with Gasteiger partial charge in [-0.05, 0) is 68.5 Å². The lowest BCUT2D eigenvalue weighted by Gasteiger charge is -2.60. The van der Waals surface area contributed by atoms with Gasteiger partial charge in [-0.2, -0.15) is 0 Å². The highest BCUT2D eigenvalue weighted by molar-refractivity contribution is 7.80. The van der Waals surface area contributed by atoms with Crippen molar-refractivity contribution in [3.63, 3.8) is 0 Å². The molecule has 0 amide bonds. The van der Waals surface area contributed by atoms with Gasteiger partial charge in [0, 0.05) is 19.6 Å². The van der Waals surface area contributed by atoms with Gasteiger partial charge in [-0.3, -0.25) is 0 Å². The third kappa shape index (κ3) is 1.47. The number of nitrogens with one attached hydrogen (secondary N) is 1. The zero-order valence-corrected chi connectivity index (χ0v) is 11.1. The lowest BCUT2D eigenvalue weighted by atomic mass is 9.52. The van der Waals surface area contributed by atoms with Crippen molar-refractivity contribution in [3.8, 4) is 0 Å². The van der Waals surface area contributed by atoms with E-state index < -0.39 is 0 Å². The van der Waals surface area contributed by atoms with E-state index in [2.05, 4.69) is 17.3 Å². The number of hydrogen-bond donors (Lipinski definition) is 1. The highest BCUT2D eigenvalue weighted by Crippen LogP contribution is 2.57. The summed E-state index contributed by atoms with van der Waals surface area (Å²) in [6.07, 6.45) is 8.66. The van der Waals surface area contributed by atoms with Gasteiger partial charge in [0.2, 0.25) is 0 Å². The van der Waals surface area contributed by atoms with Crippen LogP contribution >= 0.6 is 12.2 Å². The lowest BCUT2D eigenvalue weighted by molar-refractivity contribution is -0.0547. The molecule has 0 aliphatic heterocycles. The van der Waals surface area contributed by atoms with E-state index in [1.54, 1.807) is 0 Å². The molecule has 0 aromatic carbocycles. The van der Waals surface area contributed by atoms with Crippen molar-refractivity contribution in [2.45, 2.75) is 44.1 Å². The Hall–Kier alpha value is -0.310. The normalized spacial score (nSPS) is 44.5. The SMILES string of the molecule is CNC(=S)N(C)C12CC3CC(CC(C3)C1)C2. The molecule has 4 bridgehead atoms. The van der Waals surface area contributed by atoms with Gasteiger partial charge in [0.25, 0.3) is 0 Å². The molecule has 4 fully saturated rings. The highest BCUT2D eigenvalue weighted by atomic mass is 32.1. The van der Waals surface area contributed by atoms with E-state index in [-0.39, 0.29) is 0 Å². The Bertz CT molecular complexity index is 278. The predicted molar refractivity (Wildman–Crippen MR) is 70.3 cm³/mol. The molecular weight excluding hydrogens is 216 g/mol. The second-order valence-electron chi connectivity index (χ2n) is 6.26. The molecule has 4 aliphatic carbocycles. The van der Waals surface area contributed by atoms with Crippen LogP contribution in [0.25, 0.3) is 0 Å². The Morgan fingerprint density at radius 2 is 1.56 bits per heavy atom. The molecule has 0 unspecified atom stereocenters. The summed E-state index contributed by atoms with van der Waals surface area (Å²) in [6, 6.07) is 0. The minimum absolute atomic E-state index is 0.412. The first-order chi connectivity index (χ1) is 7.63. The standard InChI is InChI=1S/C13H22N2S/c1-14-12(16)15(2)13-6-9-3-10(7-13)5-11(4-9)8-13/h9-11H,3-8H2,1-2H3,(H,14,16). The van der Waals surface area contributed by atoms with Gasteiger partial charge < -0.3 is 10.2 Å². The predicted octanol–water partition coefficient (Wildman–Crippen LogP) is 2.39. The summed E-state index contributed by atoms with van der Waals surface area (Å²) in [5.41, 5.74) is 0.412. The second-order valence-corrected chi connectivity index (χ2v) is 6.64. The van der Waals surface area contributed by atoms with E-state index in [0.717, 1.165) is 22.9 Å². The molecule has 0 spiro atoms. The van der Waals surface area contributed by atoms with Gasteiger partial charge in [0.05, 0.1) is 0 Å². The Balaban J connectivity index is 1.85. The summed E-state index contributed by atoms with van der Waals surface area (Å²) in [6.45, 7) is 0. The zero-order valence-electron chi connectivity index (χ0n) is 10.3. The lowest BCUT2D eigenvalue weighted by Crippen LogP contribution is -2.61. The molecule has 0 heterocycles. The van der Waals surface area contributed by atoms with Gasteiger partial charge in [0.15, 0.2) is 5.11 Å². The first-order valence-electron chi connectivity index (χ1n) is 6.58. The van der Waals surface area contributed by atoms with E-state index in [0.29, 0.717) is 5.54 Å². The van der Waals surface area contributed by atoms with Crippen LogP contribution in [0.2, 0.25) is 0 Å². The first-order valence-corrected chi connectivity index (χ1v) is 6.99. The molecule has 4 rings (SSSR count). The Kier molecular flexibility index (Phi) is 2.43. The van der Waals surface area contributed by atoms with Gasteiger partial charge in [-0.25, -0.2) is 0 Å². The van der Waals surface area contributed by atoms with Crippen LogP contribution in [-0.4, -0.2) is 29.6 Å². The summed E-state index contributed by atoms with van der Waals surface area (Å²) in [5.74, 6) is 2.98. The van der Waals surface area contributed by atoms with Crippen LogP contribution in [-0.2, 0) is 0 Å². The Morgan fingerprint density at radius 3 is 1.94 bits per heavy atom. The average Bonchev–Trinajstić information content (AvgIpc) is 2.25. The molecule has 3 heteroatoms. The van der Waals surface area contributed by atoms with E-state index in [4.69, 9.17) is 12.2 Å². The smallest absolute Gasteiger partial charge is 0.168 e. The maximum atomic E-state index is 5.43. The average molecular weight is 238 g/mol. The number of rotatable bonds is 1. The third-order valence-corrected chi connectivity index (χ3v) is 5.71. The van der Waals surface area contributed by atoms with Crippen LogP contribution in [0.1, 0.15) is 38.5 Å². The van der Waals surface area contributed by atoms with Gasteiger partial charge in [-0.15, -0.1) is 0 Å². The summed E-state index contributed by atoms with van der Waals surface area (Å²) in [4.78, 5) is 2.38. The highest BCUT2D eigenvalue weighted by Gasteiger charge is 2.53. The monoisotopic (exact) mass is 238 g/mol. The summed E-state index contributed by atoms with van der Waals surface area (Å²) < 4.78 is 0. The van der Waals surface area contributed by atoms with Crippen LogP contribution in [0.4, 0.5) is 0 Å². The van der Waals surface area contributed by atoms with Crippen molar-refractivity contribution < 1.29 is 0 Å². The molecule has 16 heavy (non-hydrogen) atoms. The third-order valence-electron chi connectivity index (χ3n) is 5.24. The molecule has 4 saturated carbocycles. The molecule has 0 saturated heterocycles. The molecule has 0 aromatic heterocycles. The van der Waals surface area contributed by atoms with Crippen LogP contribution in [0.3, 0.4) is 0 Å². The molecular formula is C13H22N2S. The van der Waals surface area contributed by atoms with Crippen molar-refractivity contribution in [2.75, 3.05) is 14.1 Å². The van der Waals surface area contributed by atoms with Crippen molar-refractivity contribution in [1.29, 1.82) is 0 Å². The Morgan fingerprint density at radius 1 is 1.12 bits per heavy atom. The maximum absolute atomic E-state index is 5.43. The minimum Gasteiger partial charge on any atom is -0.366 e. The second kappa shape index (κ2) is 3.59. The fraction of sp³-hybridized carbons (Fsp3) is 0.923. The largest absolute Gasteiger partial charge is 0.366 e. The van der Waals surface area contributed by atoms with Gasteiger partial charge >= 0.3 is 0 Å². The topological polar surface area (TPSA) is 15.3 Å². The van der Waals surface area contributed by atoms with Crippen molar-refractivity contribution in [3.05, 3.63) is 0 Å². The number of thiocarbonyl (C=S) groups is 1. The quantitative estimate of drug-likeness (QED) is 0.706. The van der Waals surface area contributed by atoms with Crippen LogP contribution in [0, 0.1) is 17.8 Å². The van der Waals surface area contributed by atoms with E-state index in [9.17, 15) is 0 Å². The fourth-order valence-corrected chi connectivity index (χ4v) is 5.05. The zero-order chi connectivity index (χ0) is 11.3. The molecule has 2 nitrogen and oxygen atoms in total. The Labute approximate surface area is 104 Å². The van der Waals surface area contributed by atoms with Crippen molar-refractivity contribution >= 4 is 17.3 Å². The molecule has 0 radical (unpaired) electrons. The summed E-state index contributed by atoms with van der Waals surface area (Å²) >= 11 is 5.43. The molecule has 90 valence electrons.